The Balaban J connectivity index is 2.38. The largest absolute Gasteiger partial charge is 0.385 e. The molecule has 0 radical (unpaired) electrons. The van der Waals surface area contributed by atoms with Crippen molar-refractivity contribution in [1.29, 1.82) is 0 Å². The SMILES string of the molecule is Nc1sc(S(=O)(=O)Nc2ccc(F)cc2F)cc1[N+](=O)[O-]. The lowest BCUT2D eigenvalue weighted by molar-refractivity contribution is -0.383. The minimum absolute atomic E-state index is 0.292. The van der Waals surface area contributed by atoms with Gasteiger partial charge in [0.05, 0.1) is 10.6 Å². The first-order valence-corrected chi connectivity index (χ1v) is 7.52. The Hall–Kier alpha value is -2.27. The molecule has 1 aromatic carbocycles. The van der Waals surface area contributed by atoms with E-state index in [1.807, 2.05) is 4.72 Å². The van der Waals surface area contributed by atoms with Gasteiger partial charge in [-0.3, -0.25) is 14.8 Å². The molecular weight excluding hydrogens is 328 g/mol. The third-order valence-electron chi connectivity index (χ3n) is 2.35. The number of nitrogens with two attached hydrogens (primary N) is 1. The maximum Gasteiger partial charge on any atom is 0.304 e. The zero-order valence-corrected chi connectivity index (χ0v) is 11.7. The molecule has 2 rings (SSSR count). The van der Waals surface area contributed by atoms with Gasteiger partial charge in [0, 0.05) is 12.1 Å². The van der Waals surface area contributed by atoms with Crippen molar-refractivity contribution >= 4 is 37.7 Å². The molecule has 11 heteroatoms. The molecule has 0 unspecified atom stereocenters. The summed E-state index contributed by atoms with van der Waals surface area (Å²) in [6.45, 7) is 0. The molecule has 0 saturated heterocycles. The Bertz CT molecular complexity index is 820. The number of nitrogen functional groups attached to an aromatic ring is 1. The molecule has 0 aliphatic rings. The Labute approximate surface area is 121 Å². The Kier molecular flexibility index (Phi) is 3.78. The van der Waals surface area contributed by atoms with Crippen molar-refractivity contribution in [2.75, 3.05) is 10.5 Å². The molecule has 2 aromatic rings. The first-order valence-electron chi connectivity index (χ1n) is 5.22. The molecule has 0 amide bonds. The fourth-order valence-electron chi connectivity index (χ4n) is 1.42. The van der Waals surface area contributed by atoms with Crippen LogP contribution >= 0.6 is 11.3 Å². The number of thiophene rings is 1. The van der Waals surface area contributed by atoms with E-state index in [9.17, 15) is 27.3 Å². The average Bonchev–Trinajstić information content (AvgIpc) is 2.76. The van der Waals surface area contributed by atoms with Crippen LogP contribution in [-0.2, 0) is 10.0 Å². The lowest BCUT2D eigenvalue weighted by Gasteiger charge is -2.06. The van der Waals surface area contributed by atoms with Crippen LogP contribution in [-0.4, -0.2) is 13.3 Å². The van der Waals surface area contributed by atoms with Crippen molar-refractivity contribution in [2.45, 2.75) is 4.21 Å². The zero-order chi connectivity index (χ0) is 15.8. The molecule has 112 valence electrons. The number of nitrogens with zero attached hydrogens (tertiary/aromatic N) is 1. The van der Waals surface area contributed by atoms with Gasteiger partial charge >= 0.3 is 5.69 Å². The zero-order valence-electron chi connectivity index (χ0n) is 10.0. The molecule has 3 N–H and O–H groups in total. The van der Waals surface area contributed by atoms with Gasteiger partial charge in [-0.1, -0.05) is 11.3 Å². The quantitative estimate of drug-likeness (QED) is 0.657. The number of sulfonamides is 1. The van der Waals surface area contributed by atoms with Gasteiger partial charge in [-0.05, 0) is 12.1 Å². The minimum atomic E-state index is -4.26. The van der Waals surface area contributed by atoms with E-state index >= 15 is 0 Å². The summed E-state index contributed by atoms with van der Waals surface area (Å²) in [6.07, 6.45) is 0. The van der Waals surface area contributed by atoms with Gasteiger partial charge in [0.2, 0.25) is 0 Å². The van der Waals surface area contributed by atoms with Crippen LogP contribution in [0.15, 0.2) is 28.5 Å². The molecule has 1 heterocycles. The van der Waals surface area contributed by atoms with Gasteiger partial charge < -0.3 is 5.73 Å². The van der Waals surface area contributed by atoms with E-state index in [1.165, 1.54) is 0 Å². The van der Waals surface area contributed by atoms with Crippen molar-refractivity contribution in [3.63, 3.8) is 0 Å². The summed E-state index contributed by atoms with van der Waals surface area (Å²) in [5, 5.41) is 10.3. The second-order valence-corrected chi connectivity index (χ2v) is 6.79. The van der Waals surface area contributed by atoms with E-state index in [0.29, 0.717) is 17.4 Å². The predicted octanol–water partition coefficient (Wildman–Crippen LogP) is 2.32. The molecule has 0 aliphatic heterocycles. The number of hydrogen-bond acceptors (Lipinski definition) is 6. The average molecular weight is 335 g/mol. The molecule has 0 fully saturated rings. The van der Waals surface area contributed by atoms with E-state index in [-0.39, 0.29) is 5.00 Å². The monoisotopic (exact) mass is 335 g/mol. The fourth-order valence-corrected chi connectivity index (χ4v) is 3.70. The van der Waals surface area contributed by atoms with Crippen LogP contribution in [0.2, 0.25) is 0 Å². The molecule has 0 spiro atoms. The van der Waals surface area contributed by atoms with Gasteiger partial charge in [0.15, 0.2) is 5.00 Å². The highest BCUT2D eigenvalue weighted by Crippen LogP contribution is 2.35. The van der Waals surface area contributed by atoms with Crippen LogP contribution in [0.25, 0.3) is 0 Å². The molecule has 0 bridgehead atoms. The second-order valence-electron chi connectivity index (χ2n) is 3.80. The molecular formula is C10H7F2N3O4S2. The van der Waals surface area contributed by atoms with E-state index in [4.69, 9.17) is 5.73 Å². The number of nitrogens with one attached hydrogen (secondary N) is 1. The third-order valence-corrected chi connectivity index (χ3v) is 5.15. The lowest BCUT2D eigenvalue weighted by Crippen LogP contribution is -2.12. The van der Waals surface area contributed by atoms with Gasteiger partial charge in [-0.25, -0.2) is 17.2 Å². The lowest BCUT2D eigenvalue weighted by atomic mass is 10.3. The summed E-state index contributed by atoms with van der Waals surface area (Å²) in [5.74, 6) is -1.98. The summed E-state index contributed by atoms with van der Waals surface area (Å²) in [4.78, 5) is 9.80. The minimum Gasteiger partial charge on any atom is -0.385 e. The predicted molar refractivity (Wildman–Crippen MR) is 72.6 cm³/mol. The van der Waals surface area contributed by atoms with Crippen molar-refractivity contribution < 1.29 is 22.1 Å². The molecule has 7 nitrogen and oxygen atoms in total. The highest BCUT2D eigenvalue weighted by atomic mass is 32.2. The number of anilines is 2. The first kappa shape index (κ1) is 15.1. The van der Waals surface area contributed by atoms with Crippen molar-refractivity contribution in [2.24, 2.45) is 0 Å². The Morgan fingerprint density at radius 2 is 1.95 bits per heavy atom. The van der Waals surface area contributed by atoms with E-state index in [2.05, 4.69) is 0 Å². The van der Waals surface area contributed by atoms with Crippen molar-refractivity contribution in [3.8, 4) is 0 Å². The van der Waals surface area contributed by atoms with Crippen LogP contribution in [0.4, 0.5) is 25.2 Å². The fraction of sp³-hybridized carbons (Fsp3) is 0. The second kappa shape index (κ2) is 5.26. The van der Waals surface area contributed by atoms with E-state index in [0.717, 1.165) is 18.2 Å². The highest BCUT2D eigenvalue weighted by molar-refractivity contribution is 7.94. The topological polar surface area (TPSA) is 115 Å². The molecule has 0 atom stereocenters. The molecule has 0 aliphatic carbocycles. The number of rotatable bonds is 4. The molecule has 0 saturated carbocycles. The Morgan fingerprint density at radius 1 is 1.29 bits per heavy atom. The number of halogens is 2. The summed E-state index contributed by atoms with van der Waals surface area (Å²) < 4.78 is 51.6. The third kappa shape index (κ3) is 3.08. The maximum absolute atomic E-state index is 13.4. The van der Waals surface area contributed by atoms with Crippen LogP contribution in [0.3, 0.4) is 0 Å². The Morgan fingerprint density at radius 3 is 2.48 bits per heavy atom. The number of hydrogen-bond donors (Lipinski definition) is 2. The van der Waals surface area contributed by atoms with Crippen molar-refractivity contribution in [3.05, 3.63) is 46.0 Å². The van der Waals surface area contributed by atoms with Gasteiger partial charge in [-0.15, -0.1) is 0 Å². The van der Waals surface area contributed by atoms with Gasteiger partial charge in [0.1, 0.15) is 15.8 Å². The highest BCUT2D eigenvalue weighted by Gasteiger charge is 2.25. The van der Waals surface area contributed by atoms with Crippen LogP contribution in [0.5, 0.6) is 0 Å². The number of benzene rings is 1. The number of nitro groups is 1. The van der Waals surface area contributed by atoms with Crippen LogP contribution in [0.1, 0.15) is 0 Å². The summed E-state index contributed by atoms with van der Waals surface area (Å²) in [6, 6.07) is 3.03. The summed E-state index contributed by atoms with van der Waals surface area (Å²) in [5.41, 5.74) is 4.31. The van der Waals surface area contributed by atoms with Crippen molar-refractivity contribution in [1.82, 2.24) is 0 Å². The smallest absolute Gasteiger partial charge is 0.304 e. The van der Waals surface area contributed by atoms with E-state index in [1.54, 1.807) is 0 Å². The summed E-state index contributed by atoms with van der Waals surface area (Å²) in [7, 11) is -4.26. The van der Waals surface area contributed by atoms with Gasteiger partial charge in [-0.2, -0.15) is 0 Å². The molecule has 21 heavy (non-hydrogen) atoms. The van der Waals surface area contributed by atoms with Crippen LogP contribution in [0, 0.1) is 21.7 Å². The molecule has 1 aromatic heterocycles. The van der Waals surface area contributed by atoms with E-state index < -0.39 is 42.2 Å². The summed E-state index contributed by atoms with van der Waals surface area (Å²) >= 11 is 0.467. The first-order chi connectivity index (χ1) is 9.70. The standard InChI is InChI=1S/C10H7F2N3O4S2/c11-5-1-2-7(6(12)3-5)14-21(18,19)9-4-8(15(16)17)10(13)20-9/h1-4,14H,13H2. The normalized spacial score (nSPS) is 11.3. The maximum atomic E-state index is 13.4. The van der Waals surface area contributed by atoms with Crippen LogP contribution < -0.4 is 10.5 Å². The van der Waals surface area contributed by atoms with Gasteiger partial charge in [0.25, 0.3) is 10.0 Å².